The number of ether oxygens (including phenoxy) is 1. The standard InChI is InChI=1S/C11H21NO3Si/c1-14-11(13)8-6-5-7-10(9-12)15-16(2,3)4/h10H,5-8H2,1-4H3/t10-/m1/s1. The van der Waals surface area contributed by atoms with Crippen molar-refractivity contribution in [1.29, 1.82) is 5.26 Å². The highest BCUT2D eigenvalue weighted by molar-refractivity contribution is 6.69. The lowest BCUT2D eigenvalue weighted by atomic mass is 10.1. The fraction of sp³-hybridized carbons (Fsp3) is 0.818. The molecule has 0 amide bonds. The van der Waals surface area contributed by atoms with Gasteiger partial charge in [-0.25, -0.2) is 0 Å². The Morgan fingerprint density at radius 3 is 2.44 bits per heavy atom. The highest BCUT2D eigenvalue weighted by Gasteiger charge is 2.20. The van der Waals surface area contributed by atoms with E-state index < -0.39 is 8.32 Å². The highest BCUT2D eigenvalue weighted by atomic mass is 28.4. The van der Waals surface area contributed by atoms with Gasteiger partial charge in [-0.3, -0.25) is 4.79 Å². The molecule has 92 valence electrons. The molecule has 0 aromatic carbocycles. The van der Waals surface area contributed by atoms with E-state index in [0.717, 1.165) is 12.8 Å². The van der Waals surface area contributed by atoms with Crippen LogP contribution < -0.4 is 0 Å². The van der Waals surface area contributed by atoms with Gasteiger partial charge in [0.1, 0.15) is 6.10 Å². The minimum Gasteiger partial charge on any atom is -0.469 e. The Morgan fingerprint density at radius 1 is 1.38 bits per heavy atom. The molecule has 0 saturated heterocycles. The first-order chi connectivity index (χ1) is 7.39. The molecule has 0 aromatic rings. The van der Waals surface area contributed by atoms with Crippen LogP contribution in [0.25, 0.3) is 0 Å². The summed E-state index contributed by atoms with van der Waals surface area (Å²) >= 11 is 0. The van der Waals surface area contributed by atoms with Crippen LogP contribution in [0.1, 0.15) is 25.7 Å². The van der Waals surface area contributed by atoms with Gasteiger partial charge in [0.25, 0.3) is 0 Å². The molecule has 16 heavy (non-hydrogen) atoms. The third kappa shape index (κ3) is 8.45. The second kappa shape index (κ2) is 7.42. The van der Waals surface area contributed by atoms with Crippen molar-refractivity contribution in [3.05, 3.63) is 0 Å². The molecule has 0 aliphatic rings. The first-order valence-electron chi connectivity index (χ1n) is 5.53. The van der Waals surface area contributed by atoms with E-state index in [9.17, 15) is 4.79 Å². The molecule has 1 atom stereocenters. The molecule has 0 radical (unpaired) electrons. The molecule has 0 aromatic heterocycles. The van der Waals surface area contributed by atoms with Crippen LogP contribution in [-0.2, 0) is 14.0 Å². The lowest BCUT2D eigenvalue weighted by Gasteiger charge is -2.21. The normalized spacial score (nSPS) is 12.9. The number of esters is 1. The number of rotatable bonds is 7. The van der Waals surface area contributed by atoms with Crippen molar-refractivity contribution in [2.45, 2.75) is 51.4 Å². The van der Waals surface area contributed by atoms with Crippen molar-refractivity contribution in [2.24, 2.45) is 0 Å². The Kier molecular flexibility index (Phi) is 7.02. The minimum absolute atomic E-state index is 0.195. The van der Waals surface area contributed by atoms with Crippen molar-refractivity contribution >= 4 is 14.3 Å². The number of hydrogen-bond acceptors (Lipinski definition) is 4. The first-order valence-corrected chi connectivity index (χ1v) is 8.94. The van der Waals surface area contributed by atoms with Crippen molar-refractivity contribution in [2.75, 3.05) is 7.11 Å². The number of unbranched alkanes of at least 4 members (excludes halogenated alkanes) is 1. The molecule has 0 aliphatic heterocycles. The number of carbonyl (C=O) groups is 1. The third-order valence-electron chi connectivity index (χ3n) is 1.96. The largest absolute Gasteiger partial charge is 0.469 e. The SMILES string of the molecule is COC(=O)CCCC[C@H](C#N)O[Si](C)(C)C. The van der Waals surface area contributed by atoms with Crippen molar-refractivity contribution in [3.8, 4) is 6.07 Å². The van der Waals surface area contributed by atoms with Gasteiger partial charge in [-0.05, 0) is 38.9 Å². The maximum atomic E-state index is 10.8. The fourth-order valence-electron chi connectivity index (χ4n) is 1.28. The van der Waals surface area contributed by atoms with Gasteiger partial charge < -0.3 is 9.16 Å². The van der Waals surface area contributed by atoms with E-state index in [-0.39, 0.29) is 12.1 Å². The summed E-state index contributed by atoms with van der Waals surface area (Å²) in [7, 11) is -0.261. The maximum absolute atomic E-state index is 10.8. The average Bonchev–Trinajstić information content (AvgIpc) is 2.20. The molecular weight excluding hydrogens is 222 g/mol. The number of carbonyl (C=O) groups excluding carboxylic acids is 1. The van der Waals surface area contributed by atoms with Gasteiger partial charge in [0, 0.05) is 6.42 Å². The quantitative estimate of drug-likeness (QED) is 0.391. The molecule has 0 bridgehead atoms. The van der Waals surface area contributed by atoms with Gasteiger partial charge in [0.05, 0.1) is 13.2 Å². The summed E-state index contributed by atoms with van der Waals surface area (Å²) in [5.74, 6) is -0.195. The van der Waals surface area contributed by atoms with Crippen LogP contribution in [0, 0.1) is 11.3 Å². The van der Waals surface area contributed by atoms with Crippen molar-refractivity contribution in [1.82, 2.24) is 0 Å². The summed E-state index contributed by atoms with van der Waals surface area (Å²) in [6, 6.07) is 2.16. The predicted octanol–water partition coefficient (Wildman–Crippen LogP) is 2.46. The van der Waals surface area contributed by atoms with Crippen molar-refractivity contribution < 1.29 is 14.0 Å². The highest BCUT2D eigenvalue weighted by Crippen LogP contribution is 2.13. The Hall–Kier alpha value is -0.863. The molecule has 0 rings (SSSR count). The van der Waals surface area contributed by atoms with E-state index >= 15 is 0 Å². The van der Waals surface area contributed by atoms with E-state index in [0.29, 0.717) is 12.8 Å². The number of nitriles is 1. The Labute approximate surface area is 98.7 Å². The predicted molar refractivity (Wildman–Crippen MR) is 64.3 cm³/mol. The van der Waals surface area contributed by atoms with Gasteiger partial charge in [-0.15, -0.1) is 0 Å². The summed E-state index contributed by atoms with van der Waals surface area (Å²) in [6.45, 7) is 6.18. The van der Waals surface area contributed by atoms with E-state index in [1.54, 1.807) is 0 Å². The molecular formula is C11H21NO3Si. The van der Waals surface area contributed by atoms with Gasteiger partial charge in [-0.2, -0.15) is 5.26 Å². The second-order valence-corrected chi connectivity index (χ2v) is 9.13. The van der Waals surface area contributed by atoms with Crippen LogP contribution >= 0.6 is 0 Å². The summed E-state index contributed by atoms with van der Waals surface area (Å²) in [5.41, 5.74) is 0. The topological polar surface area (TPSA) is 59.3 Å². The molecule has 4 nitrogen and oxygen atoms in total. The lowest BCUT2D eigenvalue weighted by Crippen LogP contribution is -2.31. The number of hydrogen-bond donors (Lipinski definition) is 0. The number of methoxy groups -OCH3 is 1. The molecule has 0 fully saturated rings. The molecule has 5 heteroatoms. The summed E-state index contributed by atoms with van der Waals surface area (Å²) in [5, 5.41) is 8.90. The Bertz CT molecular complexity index is 255. The minimum atomic E-state index is -1.64. The van der Waals surface area contributed by atoms with Gasteiger partial charge in [0.15, 0.2) is 8.32 Å². The molecule has 0 saturated carbocycles. The van der Waals surface area contributed by atoms with Crippen molar-refractivity contribution in [3.63, 3.8) is 0 Å². The van der Waals surface area contributed by atoms with Gasteiger partial charge in [-0.1, -0.05) is 0 Å². The lowest BCUT2D eigenvalue weighted by molar-refractivity contribution is -0.140. The molecule has 0 aliphatic carbocycles. The smallest absolute Gasteiger partial charge is 0.305 e. The van der Waals surface area contributed by atoms with E-state index in [1.807, 2.05) is 0 Å². The Balaban J connectivity index is 3.73. The number of nitrogens with zero attached hydrogens (tertiary/aromatic N) is 1. The summed E-state index contributed by atoms with van der Waals surface area (Å²) < 4.78 is 10.2. The maximum Gasteiger partial charge on any atom is 0.305 e. The van der Waals surface area contributed by atoms with Crippen LogP contribution in [0.2, 0.25) is 19.6 Å². The van der Waals surface area contributed by atoms with E-state index in [1.165, 1.54) is 7.11 Å². The zero-order chi connectivity index (χ0) is 12.6. The molecule has 0 spiro atoms. The van der Waals surface area contributed by atoms with Crippen LogP contribution in [0.4, 0.5) is 0 Å². The molecule has 0 heterocycles. The summed E-state index contributed by atoms with van der Waals surface area (Å²) in [4.78, 5) is 10.8. The first kappa shape index (κ1) is 15.1. The fourth-order valence-corrected chi connectivity index (χ4v) is 2.30. The van der Waals surface area contributed by atoms with Gasteiger partial charge >= 0.3 is 5.97 Å². The van der Waals surface area contributed by atoms with Crippen LogP contribution in [0.5, 0.6) is 0 Å². The zero-order valence-electron chi connectivity index (χ0n) is 10.6. The Morgan fingerprint density at radius 2 is 2.00 bits per heavy atom. The van der Waals surface area contributed by atoms with Gasteiger partial charge in [0.2, 0.25) is 0 Å². The monoisotopic (exact) mass is 243 g/mol. The van der Waals surface area contributed by atoms with Crippen LogP contribution in [0.15, 0.2) is 0 Å². The van der Waals surface area contributed by atoms with Crippen LogP contribution in [0.3, 0.4) is 0 Å². The molecule has 0 N–H and O–H groups in total. The summed E-state index contributed by atoms with van der Waals surface area (Å²) in [6.07, 6.45) is 2.35. The molecule has 0 unspecified atom stereocenters. The third-order valence-corrected chi connectivity index (χ3v) is 2.96. The average molecular weight is 243 g/mol. The zero-order valence-corrected chi connectivity index (χ0v) is 11.6. The second-order valence-electron chi connectivity index (χ2n) is 4.67. The van der Waals surface area contributed by atoms with Crippen LogP contribution in [-0.4, -0.2) is 27.5 Å². The van der Waals surface area contributed by atoms with E-state index in [2.05, 4.69) is 30.4 Å². The van der Waals surface area contributed by atoms with E-state index in [4.69, 9.17) is 9.69 Å².